The zero-order valence-electron chi connectivity index (χ0n) is 11.8. The summed E-state index contributed by atoms with van der Waals surface area (Å²) in [6.45, 7) is 12.8. The van der Waals surface area contributed by atoms with Gasteiger partial charge in [-0.05, 0) is 52.7 Å². The molecule has 0 amide bonds. The lowest BCUT2D eigenvalue weighted by atomic mass is 10.0. The second-order valence-corrected chi connectivity index (χ2v) is 5.14. The van der Waals surface area contributed by atoms with Crippen molar-refractivity contribution in [2.75, 3.05) is 0 Å². The van der Waals surface area contributed by atoms with Gasteiger partial charge in [-0.15, -0.1) is 0 Å². The van der Waals surface area contributed by atoms with E-state index in [1.54, 1.807) is 0 Å². The lowest BCUT2D eigenvalue weighted by Crippen LogP contribution is -2.33. The predicted octanol–water partition coefficient (Wildman–Crippen LogP) is 3.46. The smallest absolute Gasteiger partial charge is 0.129 e. The quantitative estimate of drug-likeness (QED) is 0.626. The Bertz CT molecular complexity index is 383. The summed E-state index contributed by atoms with van der Waals surface area (Å²) in [5, 5.41) is 3.46. The zero-order chi connectivity index (χ0) is 13.0. The molecule has 2 heteroatoms. The Hall–Kier alpha value is -1.31. The lowest BCUT2D eigenvalue weighted by molar-refractivity contribution is 0.719. The molecule has 0 spiro atoms. The van der Waals surface area contributed by atoms with Gasteiger partial charge in [0.05, 0.1) is 0 Å². The van der Waals surface area contributed by atoms with Gasteiger partial charge in [0, 0.05) is 17.6 Å². The molecule has 1 N–H and O–H groups in total. The average Bonchev–Trinajstić information content (AvgIpc) is 2.14. The molecule has 0 saturated carbocycles. The van der Waals surface area contributed by atoms with Crippen molar-refractivity contribution in [3.63, 3.8) is 0 Å². The van der Waals surface area contributed by atoms with Gasteiger partial charge in [-0.1, -0.05) is 18.2 Å². The van der Waals surface area contributed by atoms with Gasteiger partial charge in [-0.25, -0.2) is 0 Å². The molecule has 94 valence electrons. The summed E-state index contributed by atoms with van der Waals surface area (Å²) < 4.78 is 0. The van der Waals surface area contributed by atoms with Crippen molar-refractivity contribution in [1.82, 2.24) is 5.32 Å². The normalized spacial score (nSPS) is 12.4. The van der Waals surface area contributed by atoms with E-state index in [1.165, 1.54) is 16.7 Å². The number of nitrogens with zero attached hydrogens (tertiary/aromatic N) is 1. The summed E-state index contributed by atoms with van der Waals surface area (Å²) in [6, 6.07) is 7.07. The fourth-order valence-corrected chi connectivity index (χ4v) is 1.89. The van der Waals surface area contributed by atoms with Crippen molar-refractivity contribution in [2.45, 2.75) is 53.6 Å². The van der Waals surface area contributed by atoms with Crippen LogP contribution in [0.3, 0.4) is 0 Å². The number of nitrogens with one attached hydrogen (secondary N) is 1. The summed E-state index contributed by atoms with van der Waals surface area (Å²) >= 11 is 0. The van der Waals surface area contributed by atoms with Crippen LogP contribution in [0.4, 0.5) is 0 Å². The van der Waals surface area contributed by atoms with Gasteiger partial charge in [0.2, 0.25) is 0 Å². The Kier molecular flexibility index (Phi) is 4.73. The number of benzene rings is 1. The highest BCUT2D eigenvalue weighted by atomic mass is 15.0. The van der Waals surface area contributed by atoms with Crippen LogP contribution in [0.25, 0.3) is 0 Å². The van der Waals surface area contributed by atoms with Gasteiger partial charge in [-0.3, -0.25) is 4.99 Å². The fraction of sp³-hybridized carbons (Fsp3) is 0.533. The van der Waals surface area contributed by atoms with Crippen LogP contribution in [0.2, 0.25) is 0 Å². The Morgan fingerprint density at radius 2 is 1.59 bits per heavy atom. The molecule has 0 aliphatic rings. The summed E-state index contributed by atoms with van der Waals surface area (Å²) in [6.07, 6.45) is 0. The van der Waals surface area contributed by atoms with E-state index in [0.717, 1.165) is 5.84 Å². The van der Waals surface area contributed by atoms with Crippen molar-refractivity contribution in [1.29, 1.82) is 0 Å². The maximum Gasteiger partial charge on any atom is 0.129 e. The summed E-state index contributed by atoms with van der Waals surface area (Å²) in [4.78, 5) is 4.71. The van der Waals surface area contributed by atoms with E-state index in [-0.39, 0.29) is 0 Å². The van der Waals surface area contributed by atoms with E-state index in [9.17, 15) is 0 Å². The fourth-order valence-electron chi connectivity index (χ4n) is 1.89. The Labute approximate surface area is 105 Å². The molecule has 0 aromatic heterocycles. The molecule has 0 saturated heterocycles. The maximum absolute atomic E-state index is 4.71. The molecule has 1 rings (SSSR count). The van der Waals surface area contributed by atoms with Crippen molar-refractivity contribution in [3.05, 3.63) is 34.9 Å². The zero-order valence-corrected chi connectivity index (χ0v) is 11.8. The van der Waals surface area contributed by atoms with Gasteiger partial charge in [0.1, 0.15) is 5.84 Å². The summed E-state index contributed by atoms with van der Waals surface area (Å²) in [5.41, 5.74) is 3.80. The van der Waals surface area contributed by atoms with Gasteiger partial charge >= 0.3 is 0 Å². The minimum atomic E-state index is 0.301. The number of rotatable bonds is 3. The van der Waals surface area contributed by atoms with Gasteiger partial charge in [0.25, 0.3) is 0 Å². The standard InChI is InChI=1S/C15H24N2/c1-10(2)16-15(17-11(3)4)14-12(5)8-7-9-13(14)6/h7-11H,1-6H3,(H,16,17). The molecule has 1 aromatic rings. The maximum atomic E-state index is 4.71. The van der Waals surface area contributed by atoms with E-state index < -0.39 is 0 Å². The Balaban J connectivity index is 3.22. The van der Waals surface area contributed by atoms with E-state index in [0.29, 0.717) is 12.1 Å². The largest absolute Gasteiger partial charge is 0.368 e. The summed E-state index contributed by atoms with van der Waals surface area (Å²) in [7, 11) is 0. The van der Waals surface area contributed by atoms with E-state index in [1.807, 2.05) is 0 Å². The van der Waals surface area contributed by atoms with Gasteiger partial charge < -0.3 is 5.32 Å². The second-order valence-electron chi connectivity index (χ2n) is 5.14. The third-order valence-electron chi connectivity index (χ3n) is 2.53. The molecule has 0 bridgehead atoms. The minimum Gasteiger partial charge on any atom is -0.368 e. The molecule has 0 fully saturated rings. The molecule has 17 heavy (non-hydrogen) atoms. The molecule has 0 unspecified atom stereocenters. The molecule has 0 aliphatic heterocycles. The van der Waals surface area contributed by atoms with Crippen molar-refractivity contribution in [2.24, 2.45) is 4.99 Å². The van der Waals surface area contributed by atoms with Gasteiger partial charge in [0.15, 0.2) is 0 Å². The molecule has 0 aliphatic carbocycles. The third kappa shape index (κ3) is 3.88. The van der Waals surface area contributed by atoms with Crippen molar-refractivity contribution in [3.8, 4) is 0 Å². The van der Waals surface area contributed by atoms with Crippen LogP contribution in [-0.2, 0) is 0 Å². The monoisotopic (exact) mass is 232 g/mol. The predicted molar refractivity (Wildman–Crippen MR) is 75.9 cm³/mol. The lowest BCUT2D eigenvalue weighted by Gasteiger charge is -2.18. The van der Waals surface area contributed by atoms with Crippen molar-refractivity contribution < 1.29 is 0 Å². The molecular formula is C15H24N2. The molecule has 2 nitrogen and oxygen atoms in total. The first-order valence-corrected chi connectivity index (χ1v) is 6.32. The third-order valence-corrected chi connectivity index (χ3v) is 2.53. The molecule has 0 heterocycles. The van der Waals surface area contributed by atoms with Crippen LogP contribution in [0.1, 0.15) is 44.4 Å². The molecule has 0 radical (unpaired) electrons. The number of hydrogen-bond acceptors (Lipinski definition) is 1. The number of aryl methyl sites for hydroxylation is 2. The molecule has 0 atom stereocenters. The first-order valence-electron chi connectivity index (χ1n) is 6.32. The highest BCUT2D eigenvalue weighted by Crippen LogP contribution is 2.14. The van der Waals surface area contributed by atoms with Crippen molar-refractivity contribution >= 4 is 5.84 Å². The number of aliphatic imine (C=N–C) groups is 1. The topological polar surface area (TPSA) is 24.4 Å². The van der Waals surface area contributed by atoms with Crippen LogP contribution in [0.5, 0.6) is 0 Å². The second kappa shape index (κ2) is 5.85. The Morgan fingerprint density at radius 3 is 2.00 bits per heavy atom. The summed E-state index contributed by atoms with van der Waals surface area (Å²) in [5.74, 6) is 1.02. The SMILES string of the molecule is Cc1cccc(C)c1C(=NC(C)C)NC(C)C. The number of amidine groups is 1. The minimum absolute atomic E-state index is 0.301. The number of hydrogen-bond donors (Lipinski definition) is 1. The molecule has 1 aromatic carbocycles. The first kappa shape index (κ1) is 13.8. The average molecular weight is 232 g/mol. The first-order chi connectivity index (χ1) is 7.91. The van der Waals surface area contributed by atoms with Crippen LogP contribution < -0.4 is 5.32 Å². The van der Waals surface area contributed by atoms with Gasteiger partial charge in [-0.2, -0.15) is 0 Å². The highest BCUT2D eigenvalue weighted by Gasteiger charge is 2.11. The van der Waals surface area contributed by atoms with Crippen LogP contribution in [-0.4, -0.2) is 17.9 Å². The van der Waals surface area contributed by atoms with Crippen LogP contribution in [0.15, 0.2) is 23.2 Å². The van der Waals surface area contributed by atoms with E-state index in [4.69, 9.17) is 4.99 Å². The highest BCUT2D eigenvalue weighted by molar-refractivity contribution is 6.01. The van der Waals surface area contributed by atoms with Crippen LogP contribution >= 0.6 is 0 Å². The van der Waals surface area contributed by atoms with Crippen LogP contribution in [0, 0.1) is 13.8 Å². The Morgan fingerprint density at radius 1 is 1.06 bits per heavy atom. The molecular weight excluding hydrogens is 208 g/mol. The van der Waals surface area contributed by atoms with E-state index >= 15 is 0 Å². The van der Waals surface area contributed by atoms with E-state index in [2.05, 4.69) is 65.1 Å².